The normalized spacial score (nSPS) is 15.7. The van der Waals surface area contributed by atoms with Crippen LogP contribution in [0.3, 0.4) is 0 Å². The minimum absolute atomic E-state index is 0.113. The number of carbonyl (C=O) groups excluding carboxylic acids is 2. The second-order valence-electron chi connectivity index (χ2n) is 6.83. The van der Waals surface area contributed by atoms with Gasteiger partial charge in [-0.05, 0) is 31.1 Å². The van der Waals surface area contributed by atoms with Gasteiger partial charge in [-0.2, -0.15) is 0 Å². The number of rotatable bonds is 8. The molecule has 0 spiro atoms. The summed E-state index contributed by atoms with van der Waals surface area (Å²) in [6.45, 7) is 4.05. The summed E-state index contributed by atoms with van der Waals surface area (Å²) in [6, 6.07) is 6.59. The summed E-state index contributed by atoms with van der Waals surface area (Å²) in [5, 5.41) is 14.5. The van der Waals surface area contributed by atoms with Gasteiger partial charge in [-0.15, -0.1) is 0 Å². The summed E-state index contributed by atoms with van der Waals surface area (Å²) in [5.41, 5.74) is 2.47. The fourth-order valence-corrected chi connectivity index (χ4v) is 4.00. The van der Waals surface area contributed by atoms with E-state index in [1.54, 1.807) is 37.4 Å². The first-order valence-electron chi connectivity index (χ1n) is 9.22. The molecule has 158 valence electrons. The lowest BCUT2D eigenvalue weighted by atomic mass is 10.2. The van der Waals surface area contributed by atoms with Crippen molar-refractivity contribution >= 4 is 29.3 Å². The Bertz CT molecular complexity index is 981. The lowest BCUT2D eigenvalue weighted by molar-refractivity contribution is -0.123. The minimum atomic E-state index is -1.21. The van der Waals surface area contributed by atoms with Gasteiger partial charge in [0.05, 0.1) is 17.9 Å². The summed E-state index contributed by atoms with van der Waals surface area (Å²) in [5.74, 6) is 0.250. The van der Waals surface area contributed by atoms with Crippen molar-refractivity contribution in [1.29, 1.82) is 5.41 Å². The molecule has 1 saturated heterocycles. The van der Waals surface area contributed by atoms with Gasteiger partial charge in [0.2, 0.25) is 0 Å². The highest BCUT2D eigenvalue weighted by atomic mass is 32.2. The zero-order valence-corrected chi connectivity index (χ0v) is 17.8. The Labute approximate surface area is 177 Å². The summed E-state index contributed by atoms with van der Waals surface area (Å²) < 4.78 is 17.0. The van der Waals surface area contributed by atoms with Crippen molar-refractivity contribution in [2.45, 2.75) is 31.8 Å². The smallest absolute Gasteiger partial charge is 0.332 e. The van der Waals surface area contributed by atoms with Crippen LogP contribution >= 0.6 is 0 Å². The molecule has 1 aromatic carbocycles. The largest absolute Gasteiger partial charge is 0.612 e. The maximum Gasteiger partial charge on any atom is 0.332 e. The van der Waals surface area contributed by atoms with Gasteiger partial charge in [-0.25, -0.2) is 9.69 Å². The second-order valence-corrected chi connectivity index (χ2v) is 8.17. The quantitative estimate of drug-likeness (QED) is 0.376. The van der Waals surface area contributed by atoms with Gasteiger partial charge in [0.1, 0.15) is 18.6 Å². The number of allylic oxidation sites excluding steroid dienone is 1. The van der Waals surface area contributed by atoms with Gasteiger partial charge < -0.3 is 24.7 Å². The van der Waals surface area contributed by atoms with E-state index in [9.17, 15) is 14.1 Å². The molecule has 0 saturated carbocycles. The van der Waals surface area contributed by atoms with Crippen molar-refractivity contribution in [3.05, 3.63) is 58.7 Å². The van der Waals surface area contributed by atoms with E-state index in [0.717, 1.165) is 27.9 Å². The molecule has 1 aromatic heterocycles. The van der Waals surface area contributed by atoms with Gasteiger partial charge in [0.25, 0.3) is 5.91 Å². The Morgan fingerprint density at radius 3 is 2.73 bits per heavy atom. The molecule has 2 N–H and O–H groups in total. The molecule has 1 atom stereocenters. The maximum absolute atomic E-state index is 12.9. The van der Waals surface area contributed by atoms with Crippen molar-refractivity contribution in [1.82, 2.24) is 20.3 Å². The van der Waals surface area contributed by atoms with Crippen LogP contribution in [0.5, 0.6) is 0 Å². The Kier molecular flexibility index (Phi) is 6.58. The number of hydrogen-bond donors (Lipinski definition) is 2. The van der Waals surface area contributed by atoms with Crippen LogP contribution < -0.4 is 5.32 Å². The number of urea groups is 1. The van der Waals surface area contributed by atoms with Crippen LogP contribution in [0.4, 0.5) is 4.79 Å². The average molecular weight is 430 g/mol. The molecule has 3 rings (SSSR count). The molecule has 9 nitrogen and oxygen atoms in total. The van der Waals surface area contributed by atoms with Crippen molar-refractivity contribution in [3.63, 3.8) is 0 Å². The molecule has 2 aromatic rings. The summed E-state index contributed by atoms with van der Waals surface area (Å²) in [4.78, 5) is 28.3. The van der Waals surface area contributed by atoms with E-state index in [2.05, 4.69) is 10.5 Å². The maximum atomic E-state index is 12.9. The van der Waals surface area contributed by atoms with E-state index in [1.165, 1.54) is 11.1 Å². The first kappa shape index (κ1) is 21.6. The van der Waals surface area contributed by atoms with Crippen LogP contribution in [0.1, 0.15) is 22.6 Å². The van der Waals surface area contributed by atoms with Crippen LogP contribution in [0.25, 0.3) is 0 Å². The molecule has 3 amide bonds. The molecule has 1 aliphatic rings. The predicted molar refractivity (Wildman–Crippen MR) is 111 cm³/mol. The molecule has 1 unspecified atom stereocenters. The number of nitrogens with zero attached hydrogens (tertiary/aromatic N) is 3. The van der Waals surface area contributed by atoms with Gasteiger partial charge in [-0.1, -0.05) is 23.4 Å². The zero-order chi connectivity index (χ0) is 21.8. The lowest BCUT2D eigenvalue weighted by Crippen LogP contribution is -2.33. The molecular formula is C20H23N5O4S. The standard InChI is InChI=1S/C20H23N5O4S/c1-13-17(14(2)29-23-13)10-22-9-16(8-21)25-19(26)12-24(20(25)27)11-15-6-4-5-7-18(15)30(3)28/h4-9,21-22H,10-12H2,1-3H3/b16-9+,21-8?. The number of nitrogens with one attached hydrogen (secondary N) is 2. The minimum Gasteiger partial charge on any atom is -0.612 e. The van der Waals surface area contributed by atoms with Gasteiger partial charge in [-0.3, -0.25) is 4.79 Å². The highest BCUT2D eigenvalue weighted by molar-refractivity contribution is 7.90. The summed E-state index contributed by atoms with van der Waals surface area (Å²) in [6.07, 6.45) is 3.98. The predicted octanol–water partition coefficient (Wildman–Crippen LogP) is 2.07. The number of amides is 3. The van der Waals surface area contributed by atoms with Crippen LogP contribution in [0.15, 0.2) is 45.6 Å². The van der Waals surface area contributed by atoms with Crippen LogP contribution in [0, 0.1) is 19.3 Å². The fourth-order valence-electron chi connectivity index (χ4n) is 3.23. The Morgan fingerprint density at radius 1 is 1.37 bits per heavy atom. The van der Waals surface area contributed by atoms with Crippen molar-refractivity contribution in [2.24, 2.45) is 0 Å². The molecule has 10 heteroatoms. The SMILES string of the molecule is Cc1noc(C)c1CN/C=C(\C=N)N1C(=O)CN(Cc2ccccc2[S+](C)[O-])C1=O. The second kappa shape index (κ2) is 9.14. The van der Waals surface area contributed by atoms with Crippen LogP contribution in [-0.2, 0) is 29.1 Å². The number of aryl methyl sites for hydroxylation is 2. The fraction of sp³-hybridized carbons (Fsp3) is 0.300. The molecular weight excluding hydrogens is 406 g/mol. The van der Waals surface area contributed by atoms with E-state index in [1.807, 2.05) is 6.92 Å². The average Bonchev–Trinajstić information content (AvgIpc) is 3.18. The summed E-state index contributed by atoms with van der Waals surface area (Å²) in [7, 11) is 0. The number of carbonyl (C=O) groups is 2. The Hall–Kier alpha value is -3.11. The van der Waals surface area contributed by atoms with Gasteiger partial charge >= 0.3 is 6.03 Å². The number of aromatic nitrogens is 1. The molecule has 1 aliphatic heterocycles. The highest BCUT2D eigenvalue weighted by Crippen LogP contribution is 2.22. The number of hydrogen-bond acceptors (Lipinski definition) is 7. The number of imide groups is 1. The molecule has 30 heavy (non-hydrogen) atoms. The lowest BCUT2D eigenvalue weighted by Gasteiger charge is -2.19. The van der Waals surface area contributed by atoms with Crippen LogP contribution in [0.2, 0.25) is 0 Å². The van der Waals surface area contributed by atoms with Gasteiger partial charge in [0.15, 0.2) is 4.90 Å². The summed E-state index contributed by atoms with van der Waals surface area (Å²) >= 11 is -1.21. The third-order valence-electron chi connectivity index (χ3n) is 4.80. The third kappa shape index (κ3) is 4.39. The van der Waals surface area contributed by atoms with E-state index in [-0.39, 0.29) is 18.8 Å². The van der Waals surface area contributed by atoms with Crippen molar-refractivity contribution in [2.75, 3.05) is 12.8 Å². The Balaban J connectivity index is 1.73. The molecule has 1 fully saturated rings. The Morgan fingerprint density at radius 2 is 2.10 bits per heavy atom. The number of benzene rings is 1. The first-order chi connectivity index (χ1) is 14.3. The first-order valence-corrected chi connectivity index (χ1v) is 10.8. The van der Waals surface area contributed by atoms with Crippen LogP contribution in [-0.4, -0.2) is 50.5 Å². The van der Waals surface area contributed by atoms with E-state index < -0.39 is 23.1 Å². The van der Waals surface area contributed by atoms with Crippen molar-refractivity contribution in [3.8, 4) is 0 Å². The molecule has 2 heterocycles. The van der Waals surface area contributed by atoms with E-state index in [0.29, 0.717) is 17.2 Å². The molecule has 0 bridgehead atoms. The highest BCUT2D eigenvalue weighted by Gasteiger charge is 2.38. The van der Waals surface area contributed by atoms with E-state index in [4.69, 9.17) is 9.93 Å². The van der Waals surface area contributed by atoms with Gasteiger partial charge in [0, 0.05) is 30.1 Å². The monoisotopic (exact) mass is 429 g/mol. The third-order valence-corrected chi connectivity index (χ3v) is 5.81. The molecule has 0 aliphatic carbocycles. The molecule has 0 radical (unpaired) electrons. The van der Waals surface area contributed by atoms with E-state index >= 15 is 0 Å². The van der Waals surface area contributed by atoms with Crippen molar-refractivity contribution < 1.29 is 18.7 Å². The topological polar surface area (TPSA) is 126 Å². The zero-order valence-electron chi connectivity index (χ0n) is 17.0.